The first kappa shape index (κ1) is 14.4. The molecule has 0 spiro atoms. The smallest absolute Gasteiger partial charge is 0.239 e. The largest absolute Gasteiger partial charge is 0.435 e. The zero-order valence-electron chi connectivity index (χ0n) is 10.9. The molecule has 0 saturated heterocycles. The predicted molar refractivity (Wildman–Crippen MR) is 85.8 cm³/mol. The molecule has 0 fully saturated rings. The fourth-order valence-corrected chi connectivity index (χ4v) is 2.43. The number of hydrogen-bond donors (Lipinski definition) is 0. The van der Waals surface area contributed by atoms with Crippen LogP contribution in [0.15, 0.2) is 36.4 Å². The molecule has 0 unspecified atom stereocenters. The number of aromatic nitrogens is 2. The molecule has 0 saturated carbocycles. The van der Waals surface area contributed by atoms with Crippen LogP contribution in [-0.4, -0.2) is 9.97 Å². The molecule has 0 aliphatic heterocycles. The van der Waals surface area contributed by atoms with Crippen LogP contribution in [0.1, 0.15) is 5.69 Å². The molecular formula is C15H9Cl3N2O. The van der Waals surface area contributed by atoms with Gasteiger partial charge in [-0.05, 0) is 25.1 Å². The van der Waals surface area contributed by atoms with E-state index in [0.29, 0.717) is 5.75 Å². The van der Waals surface area contributed by atoms with Crippen molar-refractivity contribution >= 4 is 45.7 Å². The van der Waals surface area contributed by atoms with Crippen molar-refractivity contribution in [1.29, 1.82) is 0 Å². The molecular weight excluding hydrogens is 331 g/mol. The van der Waals surface area contributed by atoms with E-state index in [0.717, 1.165) is 16.6 Å². The van der Waals surface area contributed by atoms with Crippen LogP contribution in [0.2, 0.25) is 15.2 Å². The van der Waals surface area contributed by atoms with Crippen LogP contribution < -0.4 is 4.74 Å². The van der Waals surface area contributed by atoms with E-state index in [1.165, 1.54) is 6.07 Å². The maximum absolute atomic E-state index is 6.08. The Morgan fingerprint density at radius 1 is 0.952 bits per heavy atom. The summed E-state index contributed by atoms with van der Waals surface area (Å²) in [5, 5.41) is 1.67. The summed E-state index contributed by atoms with van der Waals surface area (Å²) in [5.74, 6) is 0.755. The summed E-state index contributed by atoms with van der Waals surface area (Å²) in [6.07, 6.45) is 0. The third-order valence-corrected chi connectivity index (χ3v) is 3.83. The summed E-state index contributed by atoms with van der Waals surface area (Å²) in [5.41, 5.74) is 1.63. The molecule has 0 amide bonds. The zero-order chi connectivity index (χ0) is 15.0. The Labute approximate surface area is 136 Å². The summed E-state index contributed by atoms with van der Waals surface area (Å²) >= 11 is 17.8. The van der Waals surface area contributed by atoms with Crippen LogP contribution in [0, 0.1) is 6.92 Å². The average Bonchev–Trinajstić information content (AvgIpc) is 2.45. The summed E-state index contributed by atoms with van der Waals surface area (Å²) in [6.45, 7) is 1.92. The number of ether oxygens (including phenoxy) is 1. The van der Waals surface area contributed by atoms with Crippen LogP contribution in [0.4, 0.5) is 0 Å². The van der Waals surface area contributed by atoms with Gasteiger partial charge < -0.3 is 4.74 Å². The molecule has 106 valence electrons. The lowest BCUT2D eigenvalue weighted by molar-refractivity contribution is 0.467. The van der Waals surface area contributed by atoms with Gasteiger partial charge in [-0.3, -0.25) is 0 Å². The minimum atomic E-state index is 0.139. The lowest BCUT2D eigenvalue weighted by Gasteiger charge is -2.10. The zero-order valence-corrected chi connectivity index (χ0v) is 13.2. The Morgan fingerprint density at radius 2 is 1.76 bits per heavy atom. The Hall–Kier alpha value is -1.55. The van der Waals surface area contributed by atoms with Gasteiger partial charge in [0.25, 0.3) is 0 Å². The van der Waals surface area contributed by atoms with Gasteiger partial charge in [0.15, 0.2) is 10.9 Å². The summed E-state index contributed by atoms with van der Waals surface area (Å²) in [4.78, 5) is 8.53. The van der Waals surface area contributed by atoms with Crippen LogP contribution in [0.5, 0.6) is 11.6 Å². The highest BCUT2D eigenvalue weighted by atomic mass is 35.5. The van der Waals surface area contributed by atoms with Crippen LogP contribution in [0.25, 0.3) is 10.9 Å². The maximum Gasteiger partial charge on any atom is 0.239 e. The van der Waals surface area contributed by atoms with Crippen molar-refractivity contribution in [3.05, 3.63) is 57.3 Å². The Kier molecular flexibility index (Phi) is 3.89. The lowest BCUT2D eigenvalue weighted by Crippen LogP contribution is -1.93. The summed E-state index contributed by atoms with van der Waals surface area (Å²) in [7, 11) is 0. The Balaban J connectivity index is 2.10. The second-order valence-electron chi connectivity index (χ2n) is 4.43. The average molecular weight is 340 g/mol. The highest BCUT2D eigenvalue weighted by Crippen LogP contribution is 2.35. The van der Waals surface area contributed by atoms with Gasteiger partial charge in [-0.25, -0.2) is 4.98 Å². The predicted octanol–water partition coefficient (Wildman–Crippen LogP) is 5.69. The van der Waals surface area contributed by atoms with E-state index in [1.807, 2.05) is 31.2 Å². The maximum atomic E-state index is 6.08. The van der Waals surface area contributed by atoms with Crippen molar-refractivity contribution in [2.45, 2.75) is 6.92 Å². The second kappa shape index (κ2) is 5.68. The SMILES string of the molecule is Cc1ccc2cccc(Oc3nc(Cl)c(Cl)cc3Cl)c2n1. The van der Waals surface area contributed by atoms with Crippen molar-refractivity contribution in [3.63, 3.8) is 0 Å². The molecule has 0 aliphatic rings. The topological polar surface area (TPSA) is 35.0 Å². The Bertz CT molecular complexity index is 837. The quantitative estimate of drug-likeness (QED) is 0.562. The van der Waals surface area contributed by atoms with E-state index >= 15 is 0 Å². The molecule has 2 aromatic heterocycles. The van der Waals surface area contributed by atoms with Crippen molar-refractivity contribution in [1.82, 2.24) is 9.97 Å². The highest BCUT2D eigenvalue weighted by Gasteiger charge is 2.12. The molecule has 21 heavy (non-hydrogen) atoms. The molecule has 3 aromatic rings. The van der Waals surface area contributed by atoms with Gasteiger partial charge in [0, 0.05) is 11.1 Å². The van der Waals surface area contributed by atoms with E-state index in [-0.39, 0.29) is 21.1 Å². The van der Waals surface area contributed by atoms with Crippen LogP contribution in [-0.2, 0) is 0 Å². The minimum absolute atomic E-state index is 0.139. The first-order valence-electron chi connectivity index (χ1n) is 6.10. The number of fused-ring (bicyclic) bond motifs is 1. The molecule has 0 N–H and O–H groups in total. The monoisotopic (exact) mass is 338 g/mol. The number of para-hydroxylation sites is 1. The third-order valence-electron chi connectivity index (χ3n) is 2.88. The van der Waals surface area contributed by atoms with Gasteiger partial charge in [0.2, 0.25) is 5.88 Å². The minimum Gasteiger partial charge on any atom is -0.435 e. The summed E-state index contributed by atoms with van der Waals surface area (Å²) < 4.78 is 5.76. The van der Waals surface area contributed by atoms with Gasteiger partial charge >= 0.3 is 0 Å². The molecule has 0 radical (unpaired) electrons. The first-order chi connectivity index (χ1) is 10.0. The van der Waals surface area contributed by atoms with Gasteiger partial charge in [0.1, 0.15) is 10.5 Å². The Morgan fingerprint density at radius 3 is 2.57 bits per heavy atom. The first-order valence-corrected chi connectivity index (χ1v) is 7.24. The standard InChI is InChI=1S/C15H9Cl3N2O/c1-8-5-6-9-3-2-4-12(13(9)19-8)21-15-11(17)7-10(16)14(18)20-15/h2-7H,1H3. The van der Waals surface area contributed by atoms with Gasteiger partial charge in [-0.2, -0.15) is 4.98 Å². The van der Waals surface area contributed by atoms with E-state index in [9.17, 15) is 0 Å². The molecule has 2 heterocycles. The number of hydrogen-bond acceptors (Lipinski definition) is 3. The summed E-state index contributed by atoms with van der Waals surface area (Å²) in [6, 6.07) is 11.1. The fraction of sp³-hybridized carbons (Fsp3) is 0.0667. The molecule has 0 atom stereocenters. The number of nitrogens with zero attached hydrogens (tertiary/aromatic N) is 2. The number of aryl methyl sites for hydroxylation is 1. The molecule has 0 aliphatic carbocycles. The van der Waals surface area contributed by atoms with Crippen molar-refractivity contribution < 1.29 is 4.74 Å². The van der Waals surface area contributed by atoms with E-state index in [2.05, 4.69) is 9.97 Å². The van der Waals surface area contributed by atoms with Crippen molar-refractivity contribution in [2.75, 3.05) is 0 Å². The van der Waals surface area contributed by atoms with Crippen molar-refractivity contribution in [3.8, 4) is 11.6 Å². The van der Waals surface area contributed by atoms with Gasteiger partial charge in [0.05, 0.1) is 5.02 Å². The number of rotatable bonds is 2. The van der Waals surface area contributed by atoms with Gasteiger partial charge in [-0.1, -0.05) is 53.0 Å². The lowest BCUT2D eigenvalue weighted by atomic mass is 10.2. The van der Waals surface area contributed by atoms with Crippen LogP contribution >= 0.6 is 34.8 Å². The molecule has 0 bridgehead atoms. The normalized spacial score (nSPS) is 10.9. The number of pyridine rings is 2. The van der Waals surface area contributed by atoms with Crippen molar-refractivity contribution in [2.24, 2.45) is 0 Å². The molecule has 3 rings (SSSR count). The molecule has 6 heteroatoms. The number of benzene rings is 1. The fourth-order valence-electron chi connectivity index (χ4n) is 1.90. The second-order valence-corrected chi connectivity index (χ2v) is 5.60. The third kappa shape index (κ3) is 2.91. The van der Waals surface area contributed by atoms with Gasteiger partial charge in [-0.15, -0.1) is 0 Å². The number of halogens is 3. The van der Waals surface area contributed by atoms with E-state index < -0.39 is 0 Å². The highest BCUT2D eigenvalue weighted by molar-refractivity contribution is 6.42. The van der Waals surface area contributed by atoms with E-state index in [1.54, 1.807) is 6.07 Å². The molecule has 3 nitrogen and oxygen atoms in total. The van der Waals surface area contributed by atoms with E-state index in [4.69, 9.17) is 39.5 Å². The molecule has 1 aromatic carbocycles. The van der Waals surface area contributed by atoms with Crippen LogP contribution in [0.3, 0.4) is 0 Å².